The minimum Gasteiger partial charge on any atom is -0.345 e. The number of hydrogen-bond donors (Lipinski definition) is 2. The van der Waals surface area contributed by atoms with Crippen LogP contribution in [0, 0.1) is 0 Å². The molecule has 0 aliphatic carbocycles. The van der Waals surface area contributed by atoms with Gasteiger partial charge in [-0.1, -0.05) is 30.7 Å². The number of aromatic nitrogens is 4. The molecule has 2 amide bonds. The van der Waals surface area contributed by atoms with Crippen LogP contribution in [0.2, 0.25) is 5.02 Å². The summed E-state index contributed by atoms with van der Waals surface area (Å²) >= 11 is 6.07. The Hall–Kier alpha value is -3.26. The molecule has 0 saturated carbocycles. The van der Waals surface area contributed by atoms with Crippen LogP contribution in [0.3, 0.4) is 0 Å². The molecule has 0 aliphatic rings. The molecule has 1 unspecified atom stereocenters. The number of halogens is 1. The van der Waals surface area contributed by atoms with Gasteiger partial charge in [0.05, 0.1) is 17.3 Å². The number of rotatable bonds is 6. The van der Waals surface area contributed by atoms with Crippen LogP contribution in [0.4, 0.5) is 5.69 Å². The van der Waals surface area contributed by atoms with Crippen molar-refractivity contribution in [1.82, 2.24) is 25.5 Å². The largest absolute Gasteiger partial charge is 0.345 e. The highest BCUT2D eigenvalue weighted by atomic mass is 35.5. The fraction of sp³-hybridized carbons (Fsp3) is 0.211. The van der Waals surface area contributed by atoms with E-state index >= 15 is 0 Å². The lowest BCUT2D eigenvalue weighted by atomic mass is 10.1. The summed E-state index contributed by atoms with van der Waals surface area (Å²) in [7, 11) is 0. The Kier molecular flexibility index (Phi) is 6.00. The Morgan fingerprint density at radius 2 is 1.93 bits per heavy atom. The summed E-state index contributed by atoms with van der Waals surface area (Å²) in [6, 6.07) is 12.0. The van der Waals surface area contributed by atoms with Gasteiger partial charge in [-0.05, 0) is 53.2 Å². The van der Waals surface area contributed by atoms with Gasteiger partial charge in [-0.3, -0.25) is 9.59 Å². The van der Waals surface area contributed by atoms with Crippen molar-refractivity contribution >= 4 is 29.1 Å². The van der Waals surface area contributed by atoms with Gasteiger partial charge in [-0.25, -0.2) is 0 Å². The molecule has 8 nitrogen and oxygen atoms in total. The third kappa shape index (κ3) is 4.52. The van der Waals surface area contributed by atoms with E-state index in [2.05, 4.69) is 26.2 Å². The molecule has 1 atom stereocenters. The van der Waals surface area contributed by atoms with Crippen LogP contribution >= 0.6 is 11.6 Å². The Balaban J connectivity index is 1.76. The highest BCUT2D eigenvalue weighted by Gasteiger charge is 2.17. The highest BCUT2D eigenvalue weighted by molar-refractivity contribution is 6.31. The summed E-state index contributed by atoms with van der Waals surface area (Å²) in [5.74, 6) is -0.353. The van der Waals surface area contributed by atoms with Gasteiger partial charge in [0.25, 0.3) is 5.91 Å². The fourth-order valence-corrected chi connectivity index (χ4v) is 2.80. The molecule has 1 aromatic heterocycles. The Morgan fingerprint density at radius 3 is 2.57 bits per heavy atom. The third-order valence-corrected chi connectivity index (χ3v) is 4.40. The van der Waals surface area contributed by atoms with E-state index < -0.39 is 0 Å². The van der Waals surface area contributed by atoms with Crippen LogP contribution in [0.15, 0.2) is 48.8 Å². The third-order valence-electron chi connectivity index (χ3n) is 4.16. The number of tetrazole rings is 1. The van der Waals surface area contributed by atoms with Crippen molar-refractivity contribution in [2.75, 3.05) is 5.32 Å². The van der Waals surface area contributed by atoms with Crippen molar-refractivity contribution in [2.24, 2.45) is 0 Å². The minimum atomic E-state index is -0.302. The summed E-state index contributed by atoms with van der Waals surface area (Å²) in [6.45, 7) is 3.67. The van der Waals surface area contributed by atoms with E-state index in [9.17, 15) is 9.59 Å². The van der Waals surface area contributed by atoms with Crippen LogP contribution in [0.5, 0.6) is 0 Å². The first-order valence-corrected chi connectivity index (χ1v) is 9.09. The van der Waals surface area contributed by atoms with Gasteiger partial charge >= 0.3 is 0 Å². The summed E-state index contributed by atoms with van der Waals surface area (Å²) < 4.78 is 1.40. The summed E-state index contributed by atoms with van der Waals surface area (Å²) in [5.41, 5.74) is 2.49. The molecular weight excluding hydrogens is 380 g/mol. The maximum atomic E-state index is 12.8. The molecule has 28 heavy (non-hydrogen) atoms. The van der Waals surface area contributed by atoms with Gasteiger partial charge in [-0.2, -0.15) is 4.68 Å². The van der Waals surface area contributed by atoms with Gasteiger partial charge in [0, 0.05) is 17.1 Å². The molecule has 0 bridgehead atoms. The van der Waals surface area contributed by atoms with Gasteiger partial charge in [0.15, 0.2) is 0 Å². The Morgan fingerprint density at radius 1 is 1.18 bits per heavy atom. The van der Waals surface area contributed by atoms with E-state index in [-0.39, 0.29) is 17.9 Å². The minimum absolute atomic E-state index is 0.0508. The molecule has 3 aromatic rings. The lowest BCUT2D eigenvalue weighted by Gasteiger charge is -2.16. The second-order valence-corrected chi connectivity index (χ2v) is 6.57. The van der Waals surface area contributed by atoms with Crippen LogP contribution < -0.4 is 10.6 Å². The smallest absolute Gasteiger partial charge is 0.254 e. The van der Waals surface area contributed by atoms with E-state index in [4.69, 9.17) is 11.6 Å². The quantitative estimate of drug-likeness (QED) is 0.664. The number of amides is 2. The van der Waals surface area contributed by atoms with Gasteiger partial charge in [0.2, 0.25) is 5.91 Å². The Bertz CT molecular complexity index is 973. The molecule has 2 N–H and O–H groups in total. The summed E-state index contributed by atoms with van der Waals surface area (Å²) in [5, 5.41) is 17.2. The SMILES string of the molecule is CCC(=O)Nc1ccc(C(C)NC(=O)c2cc(Cl)ccc2-n2cnnn2)cc1. The predicted molar refractivity (Wildman–Crippen MR) is 105 cm³/mol. The summed E-state index contributed by atoms with van der Waals surface area (Å²) in [6.07, 6.45) is 1.82. The van der Waals surface area contributed by atoms with Crippen molar-refractivity contribution in [3.05, 3.63) is 64.9 Å². The monoisotopic (exact) mass is 398 g/mol. The topological polar surface area (TPSA) is 102 Å². The standard InChI is InChI=1S/C19H19ClN6O2/c1-3-18(27)23-15-7-4-13(5-8-15)12(2)22-19(28)16-10-14(20)6-9-17(16)26-11-21-24-25-26/h4-12H,3H2,1-2H3,(H,22,28)(H,23,27). The second-order valence-electron chi connectivity index (χ2n) is 6.13. The van der Waals surface area contributed by atoms with Crippen LogP contribution in [-0.4, -0.2) is 32.0 Å². The van der Waals surface area contributed by atoms with E-state index in [0.717, 1.165) is 5.56 Å². The maximum absolute atomic E-state index is 12.8. The second kappa shape index (κ2) is 8.62. The number of carbonyl (C=O) groups is 2. The lowest BCUT2D eigenvalue weighted by molar-refractivity contribution is -0.115. The average molecular weight is 399 g/mol. The number of nitrogens with one attached hydrogen (secondary N) is 2. The van der Waals surface area contributed by atoms with Crippen LogP contribution in [-0.2, 0) is 4.79 Å². The van der Waals surface area contributed by atoms with Gasteiger partial charge in [-0.15, -0.1) is 5.10 Å². The first kappa shape index (κ1) is 19.5. The number of anilines is 1. The van der Waals surface area contributed by atoms with Crippen LogP contribution in [0.25, 0.3) is 5.69 Å². The average Bonchev–Trinajstić information content (AvgIpc) is 3.22. The molecular formula is C19H19ClN6O2. The lowest BCUT2D eigenvalue weighted by Crippen LogP contribution is -2.27. The molecule has 3 rings (SSSR count). The first-order chi connectivity index (χ1) is 13.5. The van der Waals surface area contributed by atoms with E-state index in [1.807, 2.05) is 19.1 Å². The van der Waals surface area contributed by atoms with Crippen molar-refractivity contribution < 1.29 is 9.59 Å². The molecule has 0 fully saturated rings. The molecule has 2 aromatic carbocycles. The molecule has 0 saturated heterocycles. The zero-order chi connectivity index (χ0) is 20.1. The Labute approximate surface area is 166 Å². The molecule has 9 heteroatoms. The first-order valence-electron chi connectivity index (χ1n) is 8.71. The van der Waals surface area contributed by atoms with Crippen LogP contribution in [0.1, 0.15) is 42.2 Å². The van der Waals surface area contributed by atoms with Gasteiger partial charge in [0.1, 0.15) is 6.33 Å². The normalized spacial score (nSPS) is 11.7. The van der Waals surface area contributed by atoms with E-state index in [1.54, 1.807) is 37.3 Å². The van der Waals surface area contributed by atoms with E-state index in [1.165, 1.54) is 11.0 Å². The highest BCUT2D eigenvalue weighted by Crippen LogP contribution is 2.21. The molecule has 144 valence electrons. The maximum Gasteiger partial charge on any atom is 0.254 e. The molecule has 0 radical (unpaired) electrons. The molecule has 0 aliphatic heterocycles. The van der Waals surface area contributed by atoms with Gasteiger partial charge < -0.3 is 10.6 Å². The van der Waals surface area contributed by atoms with Crippen molar-refractivity contribution in [3.63, 3.8) is 0 Å². The van der Waals surface area contributed by atoms with E-state index in [0.29, 0.717) is 28.4 Å². The number of hydrogen-bond acceptors (Lipinski definition) is 5. The van der Waals surface area contributed by atoms with Crippen molar-refractivity contribution in [2.45, 2.75) is 26.3 Å². The number of carbonyl (C=O) groups excluding carboxylic acids is 2. The zero-order valence-corrected chi connectivity index (χ0v) is 16.1. The summed E-state index contributed by atoms with van der Waals surface area (Å²) in [4.78, 5) is 24.3. The van der Waals surface area contributed by atoms with Crippen molar-refractivity contribution in [1.29, 1.82) is 0 Å². The predicted octanol–water partition coefficient (Wildman–Crippen LogP) is 3.16. The number of benzene rings is 2. The zero-order valence-electron chi connectivity index (χ0n) is 15.4. The fourth-order valence-electron chi connectivity index (χ4n) is 2.62. The number of nitrogens with zero attached hydrogens (tertiary/aromatic N) is 4. The van der Waals surface area contributed by atoms with Crippen molar-refractivity contribution in [3.8, 4) is 5.69 Å². The molecule has 1 heterocycles. The molecule has 0 spiro atoms.